The largest absolute Gasteiger partial charge is 0.349 e. The summed E-state index contributed by atoms with van der Waals surface area (Å²) in [6.07, 6.45) is 4.85. The summed E-state index contributed by atoms with van der Waals surface area (Å²) in [4.78, 5) is 25.7. The Morgan fingerprint density at radius 3 is 2.62 bits per heavy atom. The first-order chi connectivity index (χ1) is 11.6. The third-order valence-electron chi connectivity index (χ3n) is 4.87. The fourth-order valence-electron chi connectivity index (χ4n) is 3.55. The summed E-state index contributed by atoms with van der Waals surface area (Å²) < 4.78 is 13.2. The lowest BCUT2D eigenvalue weighted by atomic mass is 9.91. The Balaban J connectivity index is 1.61. The maximum atomic E-state index is 13.2. The number of hydrogen-bond acceptors (Lipinski definition) is 3. The number of nitrogens with zero attached hydrogens (tertiary/aromatic N) is 1. The Kier molecular flexibility index (Phi) is 5.76. The van der Waals surface area contributed by atoms with Gasteiger partial charge in [0, 0.05) is 25.3 Å². The zero-order valence-electron chi connectivity index (χ0n) is 13.7. The molecule has 24 heavy (non-hydrogen) atoms. The van der Waals surface area contributed by atoms with Crippen molar-refractivity contribution in [1.82, 2.24) is 10.2 Å². The topological polar surface area (TPSA) is 49.4 Å². The van der Waals surface area contributed by atoms with E-state index < -0.39 is 0 Å². The summed E-state index contributed by atoms with van der Waals surface area (Å²) in [7, 11) is 0. The van der Waals surface area contributed by atoms with Crippen molar-refractivity contribution >= 4 is 22.9 Å². The predicted molar refractivity (Wildman–Crippen MR) is 93.3 cm³/mol. The molecule has 1 heterocycles. The number of amides is 2. The van der Waals surface area contributed by atoms with E-state index >= 15 is 0 Å². The van der Waals surface area contributed by atoms with Crippen LogP contribution in [0.2, 0.25) is 0 Å². The molecule has 1 aliphatic carbocycles. The van der Waals surface area contributed by atoms with Gasteiger partial charge in [-0.1, -0.05) is 36.7 Å². The van der Waals surface area contributed by atoms with Gasteiger partial charge in [-0.15, -0.1) is 0 Å². The first-order valence-corrected chi connectivity index (χ1v) is 9.58. The number of halogens is 1. The molecule has 2 fully saturated rings. The molecule has 1 saturated carbocycles. The molecule has 2 amide bonds. The van der Waals surface area contributed by atoms with Crippen LogP contribution in [-0.2, 0) is 4.79 Å². The van der Waals surface area contributed by atoms with Gasteiger partial charge in [0.2, 0.25) is 5.91 Å². The number of nitrogens with one attached hydrogen (secondary N) is 1. The molecule has 1 aliphatic heterocycles. The van der Waals surface area contributed by atoms with Crippen molar-refractivity contribution in [2.24, 2.45) is 5.92 Å². The predicted octanol–water partition coefficient (Wildman–Crippen LogP) is 3.73. The van der Waals surface area contributed by atoms with E-state index in [1.165, 1.54) is 36.7 Å². The Hall–Kier alpha value is -1.56. The Morgan fingerprint density at radius 1 is 1.29 bits per heavy atom. The van der Waals surface area contributed by atoms with Gasteiger partial charge in [-0.3, -0.25) is 9.59 Å². The smallest absolute Gasteiger partial charge is 0.281 e. The van der Waals surface area contributed by atoms with Gasteiger partial charge in [0.05, 0.1) is 6.04 Å². The molecule has 1 saturated heterocycles. The van der Waals surface area contributed by atoms with E-state index in [9.17, 15) is 14.0 Å². The highest BCUT2D eigenvalue weighted by molar-refractivity contribution is 8.13. The van der Waals surface area contributed by atoms with Gasteiger partial charge in [0.15, 0.2) is 0 Å². The normalized spacial score (nSPS) is 19.7. The van der Waals surface area contributed by atoms with Crippen LogP contribution >= 0.6 is 11.8 Å². The highest BCUT2D eigenvalue weighted by Crippen LogP contribution is 2.35. The number of benzene rings is 1. The fraction of sp³-hybridized carbons (Fsp3) is 0.556. The Labute approximate surface area is 146 Å². The highest BCUT2D eigenvalue weighted by Gasteiger charge is 2.28. The SMILES string of the molecule is O=C(CCN1CCSC1=O)N[C@@H](c1ccc(F)cc1)C1CCCC1. The second-order valence-electron chi connectivity index (χ2n) is 6.49. The molecule has 1 aromatic rings. The van der Waals surface area contributed by atoms with Gasteiger partial charge in [-0.25, -0.2) is 4.39 Å². The van der Waals surface area contributed by atoms with Gasteiger partial charge < -0.3 is 10.2 Å². The van der Waals surface area contributed by atoms with Crippen LogP contribution in [-0.4, -0.2) is 34.9 Å². The van der Waals surface area contributed by atoms with Crippen LogP contribution in [0.4, 0.5) is 9.18 Å². The minimum absolute atomic E-state index is 0.0408. The molecule has 0 bridgehead atoms. The first-order valence-electron chi connectivity index (χ1n) is 8.60. The van der Waals surface area contributed by atoms with Crippen molar-refractivity contribution in [3.8, 4) is 0 Å². The lowest BCUT2D eigenvalue weighted by Gasteiger charge is -2.26. The van der Waals surface area contributed by atoms with Crippen LogP contribution in [0.25, 0.3) is 0 Å². The highest BCUT2D eigenvalue weighted by atomic mass is 32.2. The molecule has 0 spiro atoms. The van der Waals surface area contributed by atoms with Crippen molar-refractivity contribution < 1.29 is 14.0 Å². The molecule has 130 valence electrons. The molecule has 0 unspecified atom stereocenters. The van der Waals surface area contributed by atoms with Gasteiger partial charge in [-0.05, 0) is 36.5 Å². The van der Waals surface area contributed by atoms with E-state index in [1.807, 2.05) is 0 Å². The van der Waals surface area contributed by atoms with Crippen LogP contribution in [0.3, 0.4) is 0 Å². The monoisotopic (exact) mass is 350 g/mol. The second kappa shape index (κ2) is 8.01. The molecule has 4 nitrogen and oxygen atoms in total. The van der Waals surface area contributed by atoms with Crippen molar-refractivity contribution in [3.05, 3.63) is 35.6 Å². The quantitative estimate of drug-likeness (QED) is 0.850. The van der Waals surface area contributed by atoms with Crippen molar-refractivity contribution in [2.75, 3.05) is 18.8 Å². The lowest BCUT2D eigenvalue weighted by Crippen LogP contribution is -2.35. The third kappa shape index (κ3) is 4.29. The maximum absolute atomic E-state index is 13.2. The van der Waals surface area contributed by atoms with Gasteiger partial charge in [-0.2, -0.15) is 0 Å². The number of rotatable bonds is 6. The molecule has 1 aromatic carbocycles. The minimum atomic E-state index is -0.264. The molecular formula is C18H23FN2O2S. The standard InChI is InChI=1S/C18H23FN2O2S/c19-15-7-5-14(6-8-15)17(13-3-1-2-4-13)20-16(22)9-10-21-11-12-24-18(21)23/h5-8,13,17H,1-4,9-12H2,(H,20,22)/t17-/m1/s1. The minimum Gasteiger partial charge on any atom is -0.349 e. The third-order valence-corrected chi connectivity index (χ3v) is 5.76. The molecule has 0 aromatic heterocycles. The average molecular weight is 350 g/mol. The molecule has 3 rings (SSSR count). The first kappa shape index (κ1) is 17.3. The zero-order valence-corrected chi connectivity index (χ0v) is 14.5. The second-order valence-corrected chi connectivity index (χ2v) is 7.54. The van der Waals surface area contributed by atoms with Gasteiger partial charge in [0.1, 0.15) is 5.82 Å². The molecular weight excluding hydrogens is 327 g/mol. The summed E-state index contributed by atoms with van der Waals surface area (Å²) in [5.74, 6) is 0.908. The number of hydrogen-bond donors (Lipinski definition) is 1. The fourth-order valence-corrected chi connectivity index (χ4v) is 4.40. The van der Waals surface area contributed by atoms with Crippen LogP contribution < -0.4 is 5.32 Å². The molecule has 2 aliphatic rings. The van der Waals surface area contributed by atoms with Crippen LogP contribution in [0.15, 0.2) is 24.3 Å². The van der Waals surface area contributed by atoms with E-state index in [2.05, 4.69) is 5.32 Å². The van der Waals surface area contributed by atoms with Crippen LogP contribution in [0, 0.1) is 11.7 Å². The Morgan fingerprint density at radius 2 is 2.00 bits per heavy atom. The number of carbonyl (C=O) groups is 2. The van der Waals surface area contributed by atoms with E-state index in [-0.39, 0.29) is 23.0 Å². The molecule has 1 atom stereocenters. The van der Waals surface area contributed by atoms with Crippen LogP contribution in [0.5, 0.6) is 0 Å². The van der Waals surface area contributed by atoms with E-state index in [0.29, 0.717) is 18.9 Å². The summed E-state index contributed by atoms with van der Waals surface area (Å²) in [5, 5.41) is 3.19. The van der Waals surface area contributed by atoms with E-state index in [0.717, 1.165) is 30.7 Å². The van der Waals surface area contributed by atoms with Gasteiger partial charge in [0.25, 0.3) is 5.24 Å². The number of thioether (sulfide) groups is 1. The van der Waals surface area contributed by atoms with Crippen molar-refractivity contribution in [1.29, 1.82) is 0 Å². The van der Waals surface area contributed by atoms with Crippen molar-refractivity contribution in [2.45, 2.75) is 38.1 Å². The number of carbonyl (C=O) groups excluding carboxylic acids is 2. The summed E-state index contributed by atoms with van der Waals surface area (Å²) in [6, 6.07) is 6.36. The van der Waals surface area contributed by atoms with E-state index in [1.54, 1.807) is 17.0 Å². The molecule has 0 radical (unpaired) electrons. The maximum Gasteiger partial charge on any atom is 0.281 e. The van der Waals surface area contributed by atoms with Crippen LogP contribution in [0.1, 0.15) is 43.7 Å². The Bertz CT molecular complexity index is 587. The molecule has 6 heteroatoms. The average Bonchev–Trinajstić information content (AvgIpc) is 3.23. The van der Waals surface area contributed by atoms with Gasteiger partial charge >= 0.3 is 0 Å². The summed E-state index contributed by atoms with van der Waals surface area (Å²) >= 11 is 1.31. The zero-order chi connectivity index (χ0) is 16.9. The summed E-state index contributed by atoms with van der Waals surface area (Å²) in [5.41, 5.74) is 0.962. The van der Waals surface area contributed by atoms with Crippen molar-refractivity contribution in [3.63, 3.8) is 0 Å². The van der Waals surface area contributed by atoms with E-state index in [4.69, 9.17) is 0 Å². The summed E-state index contributed by atoms with van der Waals surface area (Å²) in [6.45, 7) is 1.19. The molecule has 1 N–H and O–H groups in total. The lowest BCUT2D eigenvalue weighted by molar-refractivity contribution is -0.122.